The lowest BCUT2D eigenvalue weighted by Crippen LogP contribution is -2.29. The fraction of sp³-hybridized carbons (Fsp3) is 0.364. The van der Waals surface area contributed by atoms with Gasteiger partial charge in [-0.2, -0.15) is 13.2 Å². The Hall–Kier alpha value is -1.83. The second kappa shape index (κ2) is 5.28. The second-order valence-electron chi connectivity index (χ2n) is 4.09. The zero-order valence-electron chi connectivity index (χ0n) is 10.3. The van der Waals surface area contributed by atoms with Gasteiger partial charge in [0.1, 0.15) is 5.38 Å². The number of alkyl halides is 4. The number of hydrogen-bond acceptors (Lipinski definition) is 3. The summed E-state index contributed by atoms with van der Waals surface area (Å²) >= 11 is 5.57. The van der Waals surface area contributed by atoms with Crippen molar-refractivity contribution in [1.82, 2.24) is 19.9 Å². The number of carbonyl (C=O) groups excluding carboxylic acids is 1. The standard InChI is InChI=1S/C11H10ClF3N4O/c1-6(12)10(20)16-4-9-18-17-8-3-2-7(5-19(8)9)11(13,14)15/h2-3,5-6H,4H2,1H3,(H,16,20). The zero-order chi connectivity index (χ0) is 14.9. The molecule has 0 aliphatic heterocycles. The van der Waals surface area contributed by atoms with Crippen LogP contribution in [0.4, 0.5) is 13.2 Å². The highest BCUT2D eigenvalue weighted by Crippen LogP contribution is 2.29. The molecule has 1 amide bonds. The first-order chi connectivity index (χ1) is 9.29. The van der Waals surface area contributed by atoms with Crippen LogP contribution in [0.5, 0.6) is 0 Å². The molecule has 0 aromatic carbocycles. The van der Waals surface area contributed by atoms with E-state index in [9.17, 15) is 18.0 Å². The van der Waals surface area contributed by atoms with Gasteiger partial charge in [-0.15, -0.1) is 21.8 Å². The Bertz CT molecular complexity index is 638. The first-order valence-electron chi connectivity index (χ1n) is 5.61. The molecule has 2 rings (SSSR count). The van der Waals surface area contributed by atoms with E-state index in [-0.39, 0.29) is 18.0 Å². The highest BCUT2D eigenvalue weighted by molar-refractivity contribution is 6.30. The van der Waals surface area contributed by atoms with Gasteiger partial charge in [0, 0.05) is 6.20 Å². The number of nitrogens with zero attached hydrogens (tertiary/aromatic N) is 3. The number of fused-ring (bicyclic) bond motifs is 1. The molecule has 20 heavy (non-hydrogen) atoms. The Labute approximate surface area is 116 Å². The SMILES string of the molecule is CC(Cl)C(=O)NCc1nnc2ccc(C(F)(F)F)cn12. The lowest BCUT2D eigenvalue weighted by Gasteiger charge is -2.08. The van der Waals surface area contributed by atoms with Crippen molar-refractivity contribution in [3.8, 4) is 0 Å². The molecular weight excluding hydrogens is 297 g/mol. The van der Waals surface area contributed by atoms with Gasteiger partial charge in [0.05, 0.1) is 12.1 Å². The first kappa shape index (κ1) is 14.6. The molecule has 1 unspecified atom stereocenters. The topological polar surface area (TPSA) is 59.3 Å². The number of amides is 1. The maximum Gasteiger partial charge on any atom is 0.417 e. The summed E-state index contributed by atoms with van der Waals surface area (Å²) < 4.78 is 39.1. The maximum absolute atomic E-state index is 12.6. The Morgan fingerprint density at radius 2 is 2.15 bits per heavy atom. The summed E-state index contributed by atoms with van der Waals surface area (Å²) in [5.41, 5.74) is -0.552. The summed E-state index contributed by atoms with van der Waals surface area (Å²) in [5.74, 6) is -0.243. The monoisotopic (exact) mass is 306 g/mol. The number of carbonyl (C=O) groups is 1. The van der Waals surface area contributed by atoms with Gasteiger partial charge in [0.25, 0.3) is 0 Å². The fourth-order valence-electron chi connectivity index (χ4n) is 1.53. The van der Waals surface area contributed by atoms with Gasteiger partial charge < -0.3 is 5.32 Å². The van der Waals surface area contributed by atoms with Crippen LogP contribution in [-0.2, 0) is 17.5 Å². The molecule has 108 valence electrons. The molecule has 0 aliphatic carbocycles. The average Bonchev–Trinajstić information content (AvgIpc) is 2.77. The third-order valence-corrected chi connectivity index (χ3v) is 2.78. The summed E-state index contributed by atoms with van der Waals surface area (Å²) in [7, 11) is 0. The van der Waals surface area contributed by atoms with Crippen LogP contribution in [0.3, 0.4) is 0 Å². The first-order valence-corrected chi connectivity index (χ1v) is 6.05. The number of aromatic nitrogens is 3. The Morgan fingerprint density at radius 3 is 2.75 bits per heavy atom. The van der Waals surface area contributed by atoms with Crippen molar-refractivity contribution < 1.29 is 18.0 Å². The fourth-order valence-corrected chi connectivity index (χ4v) is 1.61. The Kier molecular flexibility index (Phi) is 3.85. The molecule has 1 N–H and O–H groups in total. The molecule has 0 saturated heterocycles. The number of rotatable bonds is 3. The van der Waals surface area contributed by atoms with Crippen LogP contribution in [0.25, 0.3) is 5.65 Å². The van der Waals surface area contributed by atoms with Crippen LogP contribution in [0, 0.1) is 0 Å². The summed E-state index contributed by atoms with van der Waals surface area (Å²) in [5, 5.41) is 9.19. The zero-order valence-corrected chi connectivity index (χ0v) is 11.0. The minimum absolute atomic E-state index is 0.0572. The molecule has 0 fully saturated rings. The predicted octanol–water partition coefficient (Wildman–Crippen LogP) is 1.99. The molecule has 1 atom stereocenters. The third kappa shape index (κ3) is 3.01. The molecule has 5 nitrogen and oxygen atoms in total. The van der Waals surface area contributed by atoms with Crippen LogP contribution >= 0.6 is 11.6 Å². The number of hydrogen-bond donors (Lipinski definition) is 1. The molecular formula is C11H10ClF3N4O. The van der Waals surface area contributed by atoms with Crippen molar-refractivity contribution in [2.45, 2.75) is 25.0 Å². The maximum atomic E-state index is 12.6. The van der Waals surface area contributed by atoms with Crippen LogP contribution in [0.2, 0.25) is 0 Å². The number of halogens is 4. The normalized spacial score (nSPS) is 13.4. The highest BCUT2D eigenvalue weighted by atomic mass is 35.5. The van der Waals surface area contributed by atoms with E-state index in [0.29, 0.717) is 0 Å². The average molecular weight is 307 g/mol. The molecule has 2 aromatic rings. The van der Waals surface area contributed by atoms with Gasteiger partial charge in [0.2, 0.25) is 5.91 Å². The van der Waals surface area contributed by atoms with E-state index >= 15 is 0 Å². The molecule has 0 spiro atoms. The van der Waals surface area contributed by atoms with Crippen molar-refractivity contribution in [3.63, 3.8) is 0 Å². The van der Waals surface area contributed by atoms with Crippen molar-refractivity contribution >= 4 is 23.2 Å². The number of pyridine rings is 1. The smallest absolute Gasteiger partial charge is 0.348 e. The number of nitrogens with one attached hydrogen (secondary N) is 1. The van der Waals surface area contributed by atoms with Crippen molar-refractivity contribution in [2.75, 3.05) is 0 Å². The minimum Gasteiger partial charge on any atom is -0.348 e. The van der Waals surface area contributed by atoms with E-state index in [4.69, 9.17) is 11.6 Å². The lowest BCUT2D eigenvalue weighted by atomic mass is 10.3. The minimum atomic E-state index is -4.45. The van der Waals surface area contributed by atoms with E-state index in [1.54, 1.807) is 0 Å². The summed E-state index contributed by atoms with van der Waals surface area (Å²) in [6, 6.07) is 2.14. The van der Waals surface area contributed by atoms with Gasteiger partial charge in [-0.3, -0.25) is 9.20 Å². The van der Waals surface area contributed by atoms with E-state index in [1.807, 2.05) is 0 Å². The van der Waals surface area contributed by atoms with E-state index in [2.05, 4.69) is 15.5 Å². The van der Waals surface area contributed by atoms with Crippen LogP contribution < -0.4 is 5.32 Å². The second-order valence-corrected chi connectivity index (χ2v) is 4.75. The molecule has 0 bridgehead atoms. The molecule has 0 aliphatic rings. The van der Waals surface area contributed by atoms with Crippen LogP contribution in [0.15, 0.2) is 18.3 Å². The quantitative estimate of drug-likeness (QED) is 0.882. The summed E-state index contributed by atoms with van der Waals surface area (Å²) in [6.45, 7) is 1.43. The van der Waals surface area contributed by atoms with Gasteiger partial charge in [-0.25, -0.2) is 0 Å². The van der Waals surface area contributed by atoms with Gasteiger partial charge in [-0.05, 0) is 19.1 Å². The molecule has 9 heteroatoms. The van der Waals surface area contributed by atoms with Crippen molar-refractivity contribution in [1.29, 1.82) is 0 Å². The van der Waals surface area contributed by atoms with Crippen LogP contribution in [0.1, 0.15) is 18.3 Å². The van der Waals surface area contributed by atoms with E-state index in [0.717, 1.165) is 12.3 Å². The van der Waals surface area contributed by atoms with Gasteiger partial charge in [0.15, 0.2) is 11.5 Å². The van der Waals surface area contributed by atoms with E-state index < -0.39 is 23.0 Å². The van der Waals surface area contributed by atoms with Crippen molar-refractivity contribution in [3.05, 3.63) is 29.7 Å². The van der Waals surface area contributed by atoms with Gasteiger partial charge >= 0.3 is 6.18 Å². The predicted molar refractivity (Wildman–Crippen MR) is 65.2 cm³/mol. The highest BCUT2D eigenvalue weighted by Gasteiger charge is 2.31. The van der Waals surface area contributed by atoms with Gasteiger partial charge in [-0.1, -0.05) is 0 Å². The lowest BCUT2D eigenvalue weighted by molar-refractivity contribution is -0.137. The molecule has 0 radical (unpaired) electrons. The largest absolute Gasteiger partial charge is 0.417 e. The summed E-state index contributed by atoms with van der Waals surface area (Å²) in [6.07, 6.45) is -3.56. The summed E-state index contributed by atoms with van der Waals surface area (Å²) in [4.78, 5) is 11.3. The third-order valence-electron chi connectivity index (χ3n) is 2.58. The molecule has 2 heterocycles. The Morgan fingerprint density at radius 1 is 1.45 bits per heavy atom. The Balaban J connectivity index is 2.28. The van der Waals surface area contributed by atoms with E-state index in [1.165, 1.54) is 17.4 Å². The van der Waals surface area contributed by atoms with Crippen LogP contribution in [-0.4, -0.2) is 25.9 Å². The molecule has 2 aromatic heterocycles. The molecule has 0 saturated carbocycles. The van der Waals surface area contributed by atoms with Crippen molar-refractivity contribution in [2.24, 2.45) is 0 Å².